The summed E-state index contributed by atoms with van der Waals surface area (Å²) >= 11 is 7.99. The number of rotatable bonds is 5. The standard InChI is InChI=1S/C24H24ClN3O3S/c1-13-8-14(25)9-19(23(13)31-16-3-2-15(26)10-16)18-6-7-27-20-11-17(32-24(18)20)12-28-21(29)4-5-22(28)30/h6-9,11,15-16H,2-5,10,12,26H2,1H3/t15-,16-/m1/s1. The molecule has 2 aliphatic rings. The van der Waals surface area contributed by atoms with Crippen LogP contribution in [0, 0.1) is 6.92 Å². The molecule has 0 spiro atoms. The van der Waals surface area contributed by atoms with Crippen LogP contribution in [0.2, 0.25) is 5.02 Å². The summed E-state index contributed by atoms with van der Waals surface area (Å²) in [5.74, 6) is 0.592. The van der Waals surface area contributed by atoms with Gasteiger partial charge in [-0.25, -0.2) is 0 Å². The molecule has 1 aromatic carbocycles. The molecular weight excluding hydrogens is 446 g/mol. The number of thiophene rings is 1. The molecule has 3 heterocycles. The van der Waals surface area contributed by atoms with Crippen LogP contribution in [0.15, 0.2) is 30.5 Å². The minimum atomic E-state index is -0.114. The summed E-state index contributed by atoms with van der Waals surface area (Å²) in [5.41, 5.74) is 9.80. The van der Waals surface area contributed by atoms with Crippen molar-refractivity contribution in [2.45, 2.75) is 57.7 Å². The van der Waals surface area contributed by atoms with Gasteiger partial charge >= 0.3 is 0 Å². The Morgan fingerprint density at radius 1 is 1.19 bits per heavy atom. The molecule has 2 amide bonds. The van der Waals surface area contributed by atoms with E-state index in [0.29, 0.717) is 17.9 Å². The van der Waals surface area contributed by atoms with Gasteiger partial charge in [0.25, 0.3) is 0 Å². The van der Waals surface area contributed by atoms with E-state index < -0.39 is 0 Å². The number of pyridine rings is 1. The molecular formula is C24H24ClN3O3S. The number of fused-ring (bicyclic) bond motifs is 1. The van der Waals surface area contributed by atoms with E-state index in [4.69, 9.17) is 22.1 Å². The number of imide groups is 1. The van der Waals surface area contributed by atoms with Crippen LogP contribution in [0.3, 0.4) is 0 Å². The summed E-state index contributed by atoms with van der Waals surface area (Å²) in [4.78, 5) is 30.9. The SMILES string of the molecule is Cc1cc(Cl)cc(-c2ccnc3cc(CN4C(=O)CCC4=O)sc23)c1O[C@@H]1CC[C@@H](N)C1. The number of carbonyl (C=O) groups excluding carboxylic acids is 2. The lowest BCUT2D eigenvalue weighted by atomic mass is 10.0. The van der Waals surface area contributed by atoms with Crippen LogP contribution in [0.5, 0.6) is 5.75 Å². The molecule has 6 nitrogen and oxygen atoms in total. The maximum absolute atomic E-state index is 12.1. The second kappa shape index (κ2) is 8.46. The molecule has 1 aliphatic heterocycles. The predicted molar refractivity (Wildman–Crippen MR) is 126 cm³/mol. The van der Waals surface area contributed by atoms with Gasteiger partial charge < -0.3 is 10.5 Å². The molecule has 2 fully saturated rings. The number of ether oxygens (including phenoxy) is 1. The molecule has 8 heteroatoms. The topological polar surface area (TPSA) is 85.5 Å². The number of benzene rings is 1. The molecule has 2 aromatic heterocycles. The predicted octanol–water partition coefficient (Wildman–Crippen LogP) is 4.83. The van der Waals surface area contributed by atoms with Crippen LogP contribution in [0.1, 0.15) is 42.5 Å². The Labute approximate surface area is 195 Å². The summed E-state index contributed by atoms with van der Waals surface area (Å²) in [5, 5.41) is 0.642. The summed E-state index contributed by atoms with van der Waals surface area (Å²) in [6.45, 7) is 2.29. The first-order valence-corrected chi connectivity index (χ1v) is 12.0. The van der Waals surface area contributed by atoms with Crippen molar-refractivity contribution in [3.8, 4) is 16.9 Å². The lowest BCUT2D eigenvalue weighted by Crippen LogP contribution is -2.27. The Morgan fingerprint density at radius 3 is 2.69 bits per heavy atom. The molecule has 1 aliphatic carbocycles. The normalized spacial score (nSPS) is 21.2. The maximum atomic E-state index is 12.1. The van der Waals surface area contributed by atoms with E-state index in [1.165, 1.54) is 4.90 Å². The van der Waals surface area contributed by atoms with Gasteiger partial charge in [0.1, 0.15) is 11.9 Å². The van der Waals surface area contributed by atoms with Gasteiger partial charge in [0.05, 0.1) is 16.8 Å². The molecule has 1 saturated heterocycles. The summed E-state index contributed by atoms with van der Waals surface area (Å²) in [7, 11) is 0. The van der Waals surface area contributed by atoms with Crippen LogP contribution in [-0.2, 0) is 16.1 Å². The third-order valence-electron chi connectivity index (χ3n) is 6.17. The van der Waals surface area contributed by atoms with Crippen molar-refractivity contribution in [2.24, 2.45) is 5.73 Å². The zero-order chi connectivity index (χ0) is 22.4. The minimum Gasteiger partial charge on any atom is -0.489 e. The number of hydrogen-bond donors (Lipinski definition) is 1. The fourth-order valence-corrected chi connectivity index (χ4v) is 5.97. The highest BCUT2D eigenvalue weighted by Gasteiger charge is 2.30. The molecule has 2 atom stereocenters. The van der Waals surface area contributed by atoms with Crippen molar-refractivity contribution in [3.05, 3.63) is 45.9 Å². The first kappa shape index (κ1) is 21.4. The number of hydrogen-bond acceptors (Lipinski definition) is 6. The molecule has 3 aromatic rings. The second-order valence-corrected chi connectivity index (χ2v) is 10.1. The van der Waals surface area contributed by atoms with E-state index in [-0.39, 0.29) is 30.5 Å². The van der Waals surface area contributed by atoms with Gasteiger partial charge in [0.15, 0.2) is 0 Å². The number of aryl methyl sites for hydroxylation is 1. The van der Waals surface area contributed by atoms with Gasteiger partial charge in [-0.2, -0.15) is 0 Å². The van der Waals surface area contributed by atoms with Crippen molar-refractivity contribution in [1.82, 2.24) is 9.88 Å². The van der Waals surface area contributed by atoms with Crippen LogP contribution in [0.4, 0.5) is 0 Å². The zero-order valence-corrected chi connectivity index (χ0v) is 19.3. The fraction of sp³-hybridized carbons (Fsp3) is 0.375. The van der Waals surface area contributed by atoms with Crippen molar-refractivity contribution < 1.29 is 14.3 Å². The molecule has 166 valence electrons. The van der Waals surface area contributed by atoms with E-state index in [1.807, 2.05) is 31.2 Å². The quantitative estimate of drug-likeness (QED) is 0.541. The van der Waals surface area contributed by atoms with Crippen molar-refractivity contribution in [3.63, 3.8) is 0 Å². The van der Waals surface area contributed by atoms with Gasteiger partial charge in [-0.1, -0.05) is 11.6 Å². The summed E-state index contributed by atoms with van der Waals surface area (Å²) in [6.07, 6.45) is 5.19. The molecule has 0 radical (unpaired) electrons. The second-order valence-electron chi connectivity index (χ2n) is 8.57. The smallest absolute Gasteiger partial charge is 0.230 e. The van der Waals surface area contributed by atoms with Crippen LogP contribution < -0.4 is 10.5 Å². The number of nitrogens with two attached hydrogens (primary N) is 1. The van der Waals surface area contributed by atoms with Gasteiger partial charge in [-0.3, -0.25) is 19.5 Å². The zero-order valence-electron chi connectivity index (χ0n) is 17.8. The number of amides is 2. The summed E-state index contributed by atoms with van der Waals surface area (Å²) < 4.78 is 7.44. The van der Waals surface area contributed by atoms with Crippen LogP contribution in [-0.4, -0.2) is 33.8 Å². The lowest BCUT2D eigenvalue weighted by Gasteiger charge is -2.20. The van der Waals surface area contributed by atoms with Gasteiger partial charge in [-0.05, 0) is 56.0 Å². The molecule has 0 bridgehead atoms. The first-order valence-electron chi connectivity index (χ1n) is 10.8. The largest absolute Gasteiger partial charge is 0.489 e. The Bertz CT molecular complexity index is 1210. The van der Waals surface area contributed by atoms with Crippen molar-refractivity contribution >= 4 is 45.0 Å². The maximum Gasteiger partial charge on any atom is 0.230 e. The van der Waals surface area contributed by atoms with E-state index >= 15 is 0 Å². The highest BCUT2D eigenvalue weighted by Crippen LogP contribution is 2.42. The average molecular weight is 470 g/mol. The monoisotopic (exact) mass is 469 g/mol. The lowest BCUT2D eigenvalue weighted by molar-refractivity contribution is -0.138. The number of carbonyl (C=O) groups is 2. The Kier molecular flexibility index (Phi) is 5.65. The van der Waals surface area contributed by atoms with E-state index in [1.54, 1.807) is 17.5 Å². The number of halogens is 1. The molecule has 5 rings (SSSR count). The van der Waals surface area contributed by atoms with E-state index in [0.717, 1.165) is 56.8 Å². The highest BCUT2D eigenvalue weighted by molar-refractivity contribution is 7.19. The molecule has 0 unspecified atom stereocenters. The Balaban J connectivity index is 1.55. The number of nitrogens with zero attached hydrogens (tertiary/aromatic N) is 2. The first-order chi connectivity index (χ1) is 15.4. The Morgan fingerprint density at radius 2 is 1.97 bits per heavy atom. The van der Waals surface area contributed by atoms with Crippen molar-refractivity contribution in [1.29, 1.82) is 0 Å². The van der Waals surface area contributed by atoms with Crippen LogP contribution in [0.25, 0.3) is 21.3 Å². The van der Waals surface area contributed by atoms with E-state index in [2.05, 4.69) is 4.98 Å². The number of likely N-dealkylation sites (tertiary alicyclic amines) is 1. The highest BCUT2D eigenvalue weighted by atomic mass is 35.5. The van der Waals surface area contributed by atoms with Gasteiger partial charge in [-0.15, -0.1) is 11.3 Å². The van der Waals surface area contributed by atoms with Crippen molar-refractivity contribution in [2.75, 3.05) is 0 Å². The fourth-order valence-electron chi connectivity index (χ4n) is 4.57. The van der Waals surface area contributed by atoms with Gasteiger partial charge in [0, 0.05) is 46.1 Å². The van der Waals surface area contributed by atoms with E-state index in [9.17, 15) is 9.59 Å². The molecule has 1 saturated carbocycles. The molecule has 32 heavy (non-hydrogen) atoms. The van der Waals surface area contributed by atoms with Crippen LogP contribution >= 0.6 is 22.9 Å². The Hall–Kier alpha value is -2.48. The number of aromatic nitrogens is 1. The minimum absolute atomic E-state index is 0.0899. The average Bonchev–Trinajstić information content (AvgIpc) is 3.44. The van der Waals surface area contributed by atoms with Gasteiger partial charge in [0.2, 0.25) is 11.8 Å². The third kappa shape index (κ3) is 4.00. The molecule has 2 N–H and O–H groups in total. The summed E-state index contributed by atoms with van der Waals surface area (Å²) in [6, 6.07) is 7.95. The third-order valence-corrected chi connectivity index (χ3v) is 7.53.